The fourth-order valence-electron chi connectivity index (χ4n) is 1.02. The zero-order valence-corrected chi connectivity index (χ0v) is 8.50. The molecule has 0 aromatic carbocycles. The maximum Gasteiger partial charge on any atom is 0.293 e. The molecule has 8 heteroatoms. The van der Waals surface area contributed by atoms with Crippen LogP contribution in [0.4, 0.5) is 11.5 Å². The summed E-state index contributed by atoms with van der Waals surface area (Å²) in [6.07, 6.45) is 1.28. The highest BCUT2D eigenvalue weighted by molar-refractivity contribution is 6.83. The van der Waals surface area contributed by atoms with Crippen LogP contribution in [0.3, 0.4) is 0 Å². The van der Waals surface area contributed by atoms with Gasteiger partial charge in [0.15, 0.2) is 5.82 Å². The lowest BCUT2D eigenvalue weighted by molar-refractivity contribution is -0.108. The lowest BCUT2D eigenvalue weighted by Gasteiger charge is -1.99. The minimum atomic E-state index is -1.09. The molecule has 1 rings (SSSR count). The third kappa shape index (κ3) is 2.20. The molecule has 0 aliphatic heterocycles. The number of nitrogens with one attached hydrogen (secondary N) is 2. The molecule has 0 bridgehead atoms. The van der Waals surface area contributed by atoms with Gasteiger partial charge in [-0.3, -0.25) is 15.4 Å². The quantitative estimate of drug-likeness (QED) is 0.178. The second-order valence-electron chi connectivity index (χ2n) is 2.47. The zero-order chi connectivity index (χ0) is 11.4. The highest BCUT2D eigenvalue weighted by Gasteiger charge is 2.21. The Morgan fingerprint density at radius 2 is 2.27 bits per heavy atom. The third-order valence-corrected chi connectivity index (χ3v) is 1.80. The number of nitrogens with zero attached hydrogens (tertiary/aromatic N) is 2. The van der Waals surface area contributed by atoms with Gasteiger partial charge in [0.25, 0.3) is 5.24 Å². The van der Waals surface area contributed by atoms with E-state index in [-0.39, 0.29) is 17.1 Å². The number of aromatic nitrogens is 1. The topological polar surface area (TPSA) is 113 Å². The van der Waals surface area contributed by atoms with Crippen molar-refractivity contribution in [1.29, 1.82) is 0 Å². The molecule has 0 aliphatic carbocycles. The number of carbonyl (C=O) groups excluding carboxylic acids is 2. The van der Waals surface area contributed by atoms with Gasteiger partial charge in [-0.15, -0.1) is 5.11 Å². The first-order valence-electron chi connectivity index (χ1n) is 3.83. The molecule has 1 heterocycles. The summed E-state index contributed by atoms with van der Waals surface area (Å²) < 4.78 is 0. The summed E-state index contributed by atoms with van der Waals surface area (Å²) >= 11 is 5.05. The van der Waals surface area contributed by atoms with Crippen LogP contribution in [0.1, 0.15) is 10.4 Å². The minimum Gasteiger partial charge on any atom is -0.343 e. The lowest BCUT2D eigenvalue weighted by Crippen LogP contribution is -2.13. The van der Waals surface area contributed by atoms with E-state index < -0.39 is 11.0 Å². The molecule has 0 saturated heterocycles. The van der Waals surface area contributed by atoms with E-state index in [4.69, 9.17) is 17.4 Å². The highest BCUT2D eigenvalue weighted by atomic mass is 35.5. The molecule has 1 aromatic rings. The van der Waals surface area contributed by atoms with Crippen LogP contribution < -0.4 is 11.3 Å². The average Bonchev–Trinajstić information content (AvgIpc) is 2.60. The number of carbonyl (C=O) groups is 2. The fourth-order valence-corrected chi connectivity index (χ4v) is 1.12. The van der Waals surface area contributed by atoms with Gasteiger partial charge in [0.1, 0.15) is 5.69 Å². The number of nitrogen functional groups attached to an aromatic ring is 1. The molecule has 80 valence electrons. The molecule has 0 saturated carbocycles. The molecular formula is C7H8ClN5O2. The molecule has 7 nitrogen and oxygen atoms in total. The number of hydrogen-bond donors (Lipinski definition) is 3. The summed E-state index contributed by atoms with van der Waals surface area (Å²) in [5.41, 5.74) is 2.46. The molecule has 0 radical (unpaired) electrons. The van der Waals surface area contributed by atoms with E-state index in [1.54, 1.807) is 0 Å². The Labute approximate surface area is 89.7 Å². The first-order valence-corrected chi connectivity index (χ1v) is 4.21. The summed E-state index contributed by atoms with van der Waals surface area (Å²) in [5.74, 6) is 4.57. The Bertz CT molecular complexity index is 425. The van der Waals surface area contributed by atoms with Crippen molar-refractivity contribution in [1.82, 2.24) is 4.98 Å². The van der Waals surface area contributed by atoms with Crippen LogP contribution >= 0.6 is 11.6 Å². The van der Waals surface area contributed by atoms with Crippen LogP contribution in [-0.2, 0) is 4.79 Å². The van der Waals surface area contributed by atoms with E-state index in [2.05, 4.69) is 20.6 Å². The van der Waals surface area contributed by atoms with Crippen LogP contribution in [-0.4, -0.2) is 23.1 Å². The van der Waals surface area contributed by atoms with Gasteiger partial charge < -0.3 is 10.4 Å². The van der Waals surface area contributed by atoms with Crippen molar-refractivity contribution in [2.75, 3.05) is 12.5 Å². The highest BCUT2D eigenvalue weighted by Crippen LogP contribution is 2.28. The van der Waals surface area contributed by atoms with E-state index in [0.717, 1.165) is 0 Å². The molecule has 15 heavy (non-hydrogen) atoms. The van der Waals surface area contributed by atoms with E-state index in [1.807, 2.05) is 0 Å². The number of hydrogen-bond acceptors (Lipinski definition) is 6. The fraction of sp³-hybridized carbons (Fsp3) is 0.143. The second-order valence-corrected chi connectivity index (χ2v) is 2.82. The van der Waals surface area contributed by atoms with Crippen molar-refractivity contribution in [3.05, 3.63) is 11.8 Å². The number of rotatable bonds is 4. The molecule has 0 aliphatic rings. The number of hydrazine groups is 1. The Morgan fingerprint density at radius 1 is 1.60 bits per heavy atom. The van der Waals surface area contributed by atoms with Crippen molar-refractivity contribution in [2.24, 2.45) is 16.1 Å². The van der Waals surface area contributed by atoms with Gasteiger partial charge in [-0.05, 0) is 11.6 Å². The number of aromatic amines is 1. The van der Waals surface area contributed by atoms with Gasteiger partial charge in [0, 0.05) is 13.2 Å². The van der Waals surface area contributed by atoms with Gasteiger partial charge in [-0.2, -0.15) is 5.11 Å². The van der Waals surface area contributed by atoms with Crippen molar-refractivity contribution < 1.29 is 9.59 Å². The minimum absolute atomic E-state index is 0.0277. The number of nitrogens with two attached hydrogens (primary N) is 1. The van der Waals surface area contributed by atoms with Gasteiger partial charge in [0.05, 0.1) is 5.56 Å². The molecule has 0 unspecified atom stereocenters. The number of azo groups is 1. The predicted octanol–water partition coefficient (Wildman–Crippen LogP) is 0.962. The number of H-pyrrole nitrogens is 1. The van der Waals surface area contributed by atoms with Crippen LogP contribution in [0, 0.1) is 0 Å². The Morgan fingerprint density at radius 3 is 2.73 bits per heavy atom. The number of anilines is 1. The zero-order valence-electron chi connectivity index (χ0n) is 7.74. The van der Waals surface area contributed by atoms with Crippen LogP contribution in [0.2, 0.25) is 0 Å². The summed E-state index contributed by atoms with van der Waals surface area (Å²) in [6.45, 7) is 0. The summed E-state index contributed by atoms with van der Waals surface area (Å²) in [4.78, 5) is 24.6. The van der Waals surface area contributed by atoms with Crippen LogP contribution in [0.25, 0.3) is 0 Å². The number of Topliss-reactive ketones (excluding diaryl/α,β-unsaturated/α-hetero) is 1. The van der Waals surface area contributed by atoms with Gasteiger partial charge in [-0.1, -0.05) is 0 Å². The van der Waals surface area contributed by atoms with Crippen molar-refractivity contribution in [2.45, 2.75) is 0 Å². The Hall–Kier alpha value is -1.73. The van der Waals surface area contributed by atoms with Gasteiger partial charge in [-0.25, -0.2) is 0 Å². The standard InChI is InChI=1S/C7H8ClN5O2/c1-10-13-7-4(12-9)3(2-11-7)5(14)6(8)15/h2,11-12H,9H2,1H3. The van der Waals surface area contributed by atoms with Crippen LogP contribution in [0.5, 0.6) is 0 Å². The van der Waals surface area contributed by atoms with Crippen molar-refractivity contribution in [3.8, 4) is 0 Å². The molecule has 1 aromatic heterocycles. The second kappa shape index (κ2) is 4.67. The summed E-state index contributed by atoms with van der Waals surface area (Å²) in [7, 11) is 1.45. The smallest absolute Gasteiger partial charge is 0.293 e. The predicted molar refractivity (Wildman–Crippen MR) is 54.2 cm³/mol. The third-order valence-electron chi connectivity index (χ3n) is 1.63. The number of halogens is 1. The molecule has 0 atom stereocenters. The Kier molecular flexibility index (Phi) is 3.53. The maximum atomic E-state index is 11.3. The average molecular weight is 230 g/mol. The molecule has 4 N–H and O–H groups in total. The summed E-state index contributed by atoms with van der Waals surface area (Å²) in [5, 5.41) is 6.07. The van der Waals surface area contributed by atoms with Gasteiger partial charge >= 0.3 is 0 Å². The van der Waals surface area contributed by atoms with Crippen LogP contribution in [0.15, 0.2) is 16.4 Å². The van der Waals surface area contributed by atoms with E-state index in [1.165, 1.54) is 13.2 Å². The molecule has 0 fully saturated rings. The first-order chi connectivity index (χ1) is 7.11. The normalized spacial score (nSPS) is 10.6. The largest absolute Gasteiger partial charge is 0.343 e. The first kappa shape index (κ1) is 11.3. The lowest BCUT2D eigenvalue weighted by atomic mass is 10.2. The monoisotopic (exact) mass is 229 g/mol. The van der Waals surface area contributed by atoms with E-state index in [9.17, 15) is 9.59 Å². The van der Waals surface area contributed by atoms with E-state index >= 15 is 0 Å². The Balaban J connectivity index is 3.20. The maximum absolute atomic E-state index is 11.3. The molecule has 0 spiro atoms. The summed E-state index contributed by atoms with van der Waals surface area (Å²) in [6, 6.07) is 0. The SMILES string of the molecule is CN=Nc1[nH]cc(C(=O)C(=O)Cl)c1NN. The van der Waals surface area contributed by atoms with Crippen molar-refractivity contribution in [3.63, 3.8) is 0 Å². The van der Waals surface area contributed by atoms with E-state index in [0.29, 0.717) is 0 Å². The number of ketones is 1. The molecule has 0 amide bonds. The molecular weight excluding hydrogens is 222 g/mol. The van der Waals surface area contributed by atoms with Gasteiger partial charge in [0.2, 0.25) is 5.78 Å². The van der Waals surface area contributed by atoms with Crippen molar-refractivity contribution >= 4 is 34.1 Å².